The van der Waals surface area contributed by atoms with Gasteiger partial charge in [-0.2, -0.15) is 0 Å². The molecule has 0 radical (unpaired) electrons. The maximum atomic E-state index is 6.45. The number of pyridine rings is 1. The van der Waals surface area contributed by atoms with E-state index in [9.17, 15) is 0 Å². The molecule has 2 unspecified atom stereocenters. The van der Waals surface area contributed by atoms with E-state index >= 15 is 0 Å². The van der Waals surface area contributed by atoms with Gasteiger partial charge in [-0.05, 0) is 128 Å². The van der Waals surface area contributed by atoms with Gasteiger partial charge in [-0.1, -0.05) is 42.1 Å². The fraction of sp³-hybridized carbons (Fsp3) is 0.639. The third-order valence-corrected chi connectivity index (χ3v) is 12.4. The molecule has 5 fully saturated rings. The highest BCUT2D eigenvalue weighted by Gasteiger charge is 2.51. The van der Waals surface area contributed by atoms with Crippen molar-refractivity contribution in [3.63, 3.8) is 0 Å². The van der Waals surface area contributed by atoms with Gasteiger partial charge in [-0.3, -0.25) is 4.98 Å². The topological polar surface area (TPSA) is 19.4 Å². The van der Waals surface area contributed by atoms with Crippen LogP contribution in [0.1, 0.15) is 80.2 Å². The van der Waals surface area contributed by atoms with Crippen LogP contribution in [0.3, 0.4) is 0 Å². The molecule has 212 valence electrons. The lowest BCUT2D eigenvalue weighted by atomic mass is 9.78. The second-order valence-electron chi connectivity index (χ2n) is 14.3. The number of rotatable bonds is 4. The van der Waals surface area contributed by atoms with Crippen molar-refractivity contribution in [3.05, 3.63) is 69.5 Å². The lowest BCUT2D eigenvalue weighted by Gasteiger charge is -2.39. The number of fused-ring (bicyclic) bond motifs is 7. The van der Waals surface area contributed by atoms with Gasteiger partial charge in [0.1, 0.15) is 0 Å². The first-order valence-corrected chi connectivity index (χ1v) is 17.0. The standard InChI is InChI=1S/C36H46ClN3/c37-31-11-12-32-28(19-31)8-7-25-6-3-15-38-36(25)35(32)24-13-16-39(17-14-24)20-29-4-1-2-5-30(29)21-40-22-33-26-9-10-27(18-26)34(33)23-40/h3,6,11-12,15,19,26-27,29-30,33-34H,1-2,4-5,7-10,13-14,16-18,20-23H2/t26-,27+,29-,30-,33?,34?/m1/s1. The third kappa shape index (κ3) is 4.78. The normalized spacial score (nSPS) is 34.0. The van der Waals surface area contributed by atoms with E-state index in [0.29, 0.717) is 0 Å². The summed E-state index contributed by atoms with van der Waals surface area (Å²) in [6.07, 6.45) is 16.9. The number of benzene rings is 1. The van der Waals surface area contributed by atoms with E-state index in [-0.39, 0.29) is 0 Å². The summed E-state index contributed by atoms with van der Waals surface area (Å²) in [5.41, 5.74) is 8.41. The SMILES string of the molecule is Clc1ccc2c(c1)CCc1cccnc1C2=C1CCN(C[C@H]2CCCC[C@@H]2CN2CC3C(C2)[C@H]2CC[C@@H]3C2)CC1. The van der Waals surface area contributed by atoms with Crippen LogP contribution in [0, 0.1) is 35.5 Å². The molecule has 2 aromatic rings. The first-order valence-electron chi connectivity index (χ1n) is 16.6. The number of aryl methyl sites for hydroxylation is 2. The summed E-state index contributed by atoms with van der Waals surface area (Å²) < 4.78 is 0. The van der Waals surface area contributed by atoms with Crippen molar-refractivity contribution in [2.45, 2.75) is 70.6 Å². The number of aromatic nitrogens is 1. The Hall–Kier alpha value is -1.68. The van der Waals surface area contributed by atoms with Crippen molar-refractivity contribution in [1.29, 1.82) is 0 Å². The zero-order valence-electron chi connectivity index (χ0n) is 24.2. The van der Waals surface area contributed by atoms with Gasteiger partial charge in [-0.25, -0.2) is 0 Å². The maximum absolute atomic E-state index is 6.45. The highest BCUT2D eigenvalue weighted by Crippen LogP contribution is 2.55. The molecule has 0 spiro atoms. The van der Waals surface area contributed by atoms with E-state index < -0.39 is 0 Å². The monoisotopic (exact) mass is 555 g/mol. The molecular formula is C36H46ClN3. The van der Waals surface area contributed by atoms with Crippen molar-refractivity contribution in [1.82, 2.24) is 14.8 Å². The zero-order valence-corrected chi connectivity index (χ0v) is 24.9. The number of likely N-dealkylation sites (tertiary alicyclic amines) is 2. The van der Waals surface area contributed by atoms with Crippen LogP contribution in [0.5, 0.6) is 0 Å². The summed E-state index contributed by atoms with van der Waals surface area (Å²) in [6, 6.07) is 10.9. The van der Waals surface area contributed by atoms with Crippen molar-refractivity contribution in [3.8, 4) is 0 Å². The Morgan fingerprint density at radius 2 is 1.48 bits per heavy atom. The van der Waals surface area contributed by atoms with Crippen LogP contribution < -0.4 is 0 Å². The Kier molecular flexibility index (Phi) is 7.06. The molecule has 8 rings (SSSR count). The molecule has 40 heavy (non-hydrogen) atoms. The number of hydrogen-bond acceptors (Lipinski definition) is 3. The molecule has 6 atom stereocenters. The van der Waals surface area contributed by atoms with Crippen molar-refractivity contribution in [2.24, 2.45) is 35.5 Å². The molecule has 0 N–H and O–H groups in total. The van der Waals surface area contributed by atoms with Crippen LogP contribution in [-0.2, 0) is 12.8 Å². The highest BCUT2D eigenvalue weighted by atomic mass is 35.5. The van der Waals surface area contributed by atoms with Gasteiger partial charge < -0.3 is 9.80 Å². The number of halogens is 1. The third-order valence-electron chi connectivity index (χ3n) is 12.2. The van der Waals surface area contributed by atoms with Crippen LogP contribution in [0.15, 0.2) is 42.1 Å². The van der Waals surface area contributed by atoms with E-state index in [1.807, 2.05) is 6.20 Å². The Balaban J connectivity index is 0.961. The van der Waals surface area contributed by atoms with E-state index in [0.717, 1.165) is 53.4 Å². The van der Waals surface area contributed by atoms with Gasteiger partial charge in [0, 0.05) is 56.1 Å². The van der Waals surface area contributed by atoms with Crippen molar-refractivity contribution >= 4 is 17.2 Å². The largest absolute Gasteiger partial charge is 0.302 e. The maximum Gasteiger partial charge on any atom is 0.0739 e. The summed E-state index contributed by atoms with van der Waals surface area (Å²) in [5, 5.41) is 0.850. The minimum absolute atomic E-state index is 0.850. The summed E-state index contributed by atoms with van der Waals surface area (Å²) in [6.45, 7) is 7.97. The second-order valence-corrected chi connectivity index (χ2v) is 14.7. The number of nitrogens with zero attached hydrogens (tertiary/aromatic N) is 3. The van der Waals surface area contributed by atoms with E-state index in [4.69, 9.17) is 16.6 Å². The molecule has 1 aromatic carbocycles. The highest BCUT2D eigenvalue weighted by molar-refractivity contribution is 6.30. The first-order chi connectivity index (χ1) is 19.7. The Bertz CT molecular complexity index is 1260. The number of hydrogen-bond donors (Lipinski definition) is 0. The van der Waals surface area contributed by atoms with Gasteiger partial charge in [0.15, 0.2) is 0 Å². The average Bonchev–Trinajstić information content (AvgIpc) is 3.67. The molecule has 3 heterocycles. The average molecular weight is 556 g/mol. The van der Waals surface area contributed by atoms with Crippen LogP contribution in [0.2, 0.25) is 5.02 Å². The molecule has 1 aromatic heterocycles. The van der Waals surface area contributed by atoms with Crippen LogP contribution >= 0.6 is 11.6 Å². The van der Waals surface area contributed by atoms with Gasteiger partial charge in [0.2, 0.25) is 0 Å². The fourth-order valence-corrected chi connectivity index (χ4v) is 10.4. The zero-order chi connectivity index (χ0) is 26.6. The minimum Gasteiger partial charge on any atom is -0.302 e. The van der Waals surface area contributed by atoms with Gasteiger partial charge in [-0.15, -0.1) is 0 Å². The molecule has 2 bridgehead atoms. The van der Waals surface area contributed by atoms with Gasteiger partial charge in [0.25, 0.3) is 0 Å². The number of piperidine rings is 1. The molecule has 3 saturated carbocycles. The Morgan fingerprint density at radius 3 is 2.23 bits per heavy atom. The van der Waals surface area contributed by atoms with Crippen LogP contribution in [-0.4, -0.2) is 54.1 Å². The summed E-state index contributed by atoms with van der Waals surface area (Å²) in [5.74, 6) is 6.08. The van der Waals surface area contributed by atoms with E-state index in [2.05, 4.69) is 40.1 Å². The van der Waals surface area contributed by atoms with Gasteiger partial charge in [0.05, 0.1) is 5.69 Å². The van der Waals surface area contributed by atoms with Crippen molar-refractivity contribution in [2.75, 3.05) is 39.3 Å². The van der Waals surface area contributed by atoms with Crippen molar-refractivity contribution < 1.29 is 0 Å². The molecule has 2 saturated heterocycles. The van der Waals surface area contributed by atoms with Crippen LogP contribution in [0.4, 0.5) is 0 Å². The lowest BCUT2D eigenvalue weighted by Crippen LogP contribution is -2.41. The lowest BCUT2D eigenvalue weighted by molar-refractivity contribution is 0.113. The van der Waals surface area contributed by atoms with Crippen LogP contribution in [0.25, 0.3) is 5.57 Å². The molecule has 6 aliphatic rings. The van der Waals surface area contributed by atoms with Gasteiger partial charge >= 0.3 is 0 Å². The molecule has 2 aliphatic heterocycles. The molecular weight excluding hydrogens is 510 g/mol. The predicted molar refractivity (Wildman–Crippen MR) is 164 cm³/mol. The Morgan fingerprint density at radius 1 is 0.775 bits per heavy atom. The summed E-state index contributed by atoms with van der Waals surface area (Å²) in [4.78, 5) is 10.7. The Labute approximate surface area is 246 Å². The minimum atomic E-state index is 0.850. The molecule has 0 amide bonds. The molecule has 4 heteroatoms. The molecule has 3 nitrogen and oxygen atoms in total. The smallest absolute Gasteiger partial charge is 0.0739 e. The first kappa shape index (κ1) is 26.0. The van der Waals surface area contributed by atoms with E-state index in [1.165, 1.54) is 106 Å². The summed E-state index contributed by atoms with van der Waals surface area (Å²) in [7, 11) is 0. The quantitative estimate of drug-likeness (QED) is 0.389. The second kappa shape index (κ2) is 10.9. The molecule has 4 aliphatic carbocycles. The predicted octanol–water partition coefficient (Wildman–Crippen LogP) is 7.52. The van der Waals surface area contributed by atoms with E-state index in [1.54, 1.807) is 24.8 Å². The summed E-state index contributed by atoms with van der Waals surface area (Å²) >= 11 is 6.45. The fourth-order valence-electron chi connectivity index (χ4n) is 10.2.